The standard InChI is InChI=1S/C8H14N2O3/c1-5(4-11)10-6(12)8(2,3)9-7(10)13/h5,11H,4H2,1-3H3,(H,9,13). The molecule has 1 aliphatic heterocycles. The van der Waals surface area contributed by atoms with Crippen molar-refractivity contribution in [2.24, 2.45) is 0 Å². The van der Waals surface area contributed by atoms with E-state index in [9.17, 15) is 9.59 Å². The SMILES string of the molecule is CC(CO)N1C(=O)NC(C)(C)C1=O. The molecule has 1 saturated heterocycles. The Morgan fingerprint density at radius 3 is 2.38 bits per heavy atom. The first kappa shape index (κ1) is 9.98. The molecule has 74 valence electrons. The molecule has 0 aromatic carbocycles. The number of aliphatic hydroxyl groups excluding tert-OH is 1. The van der Waals surface area contributed by atoms with Gasteiger partial charge in [-0.05, 0) is 20.8 Å². The lowest BCUT2D eigenvalue weighted by Gasteiger charge is -2.20. The van der Waals surface area contributed by atoms with Gasteiger partial charge in [0.25, 0.3) is 5.91 Å². The highest BCUT2D eigenvalue weighted by Gasteiger charge is 2.45. The molecule has 0 spiro atoms. The van der Waals surface area contributed by atoms with E-state index in [0.717, 1.165) is 4.90 Å². The van der Waals surface area contributed by atoms with E-state index in [1.807, 2.05) is 0 Å². The lowest BCUT2D eigenvalue weighted by Crippen LogP contribution is -2.43. The first-order chi connectivity index (χ1) is 5.90. The number of hydrogen-bond acceptors (Lipinski definition) is 3. The van der Waals surface area contributed by atoms with Crippen LogP contribution >= 0.6 is 0 Å². The van der Waals surface area contributed by atoms with Crippen LogP contribution in [0.25, 0.3) is 0 Å². The highest BCUT2D eigenvalue weighted by molar-refractivity contribution is 6.06. The van der Waals surface area contributed by atoms with Crippen LogP contribution < -0.4 is 5.32 Å². The Bertz CT molecular complexity index is 250. The second-order valence-corrected chi connectivity index (χ2v) is 3.76. The van der Waals surface area contributed by atoms with Gasteiger partial charge in [0, 0.05) is 0 Å². The van der Waals surface area contributed by atoms with Gasteiger partial charge in [0.1, 0.15) is 5.54 Å². The van der Waals surface area contributed by atoms with Crippen molar-refractivity contribution in [2.45, 2.75) is 32.4 Å². The van der Waals surface area contributed by atoms with Crippen molar-refractivity contribution < 1.29 is 14.7 Å². The minimum absolute atomic E-state index is 0.213. The lowest BCUT2D eigenvalue weighted by atomic mass is 10.1. The van der Waals surface area contributed by atoms with Crippen LogP contribution in [-0.4, -0.2) is 40.1 Å². The molecule has 0 aromatic rings. The molecule has 5 nitrogen and oxygen atoms in total. The van der Waals surface area contributed by atoms with Gasteiger partial charge in [-0.25, -0.2) is 4.79 Å². The number of amides is 3. The van der Waals surface area contributed by atoms with E-state index < -0.39 is 17.6 Å². The molecule has 0 aromatic heterocycles. The fourth-order valence-electron chi connectivity index (χ4n) is 1.26. The molecule has 1 atom stereocenters. The molecule has 0 bridgehead atoms. The quantitative estimate of drug-likeness (QED) is 0.581. The maximum Gasteiger partial charge on any atom is 0.325 e. The van der Waals surface area contributed by atoms with E-state index in [0.29, 0.717) is 0 Å². The minimum atomic E-state index is -0.847. The van der Waals surface area contributed by atoms with Crippen molar-refractivity contribution in [2.75, 3.05) is 6.61 Å². The minimum Gasteiger partial charge on any atom is -0.394 e. The molecule has 1 unspecified atom stereocenters. The highest BCUT2D eigenvalue weighted by atomic mass is 16.3. The first-order valence-corrected chi connectivity index (χ1v) is 4.17. The predicted octanol–water partition coefficient (Wildman–Crippen LogP) is -0.302. The summed E-state index contributed by atoms with van der Waals surface area (Å²) < 4.78 is 0. The first-order valence-electron chi connectivity index (χ1n) is 4.17. The smallest absolute Gasteiger partial charge is 0.325 e. The van der Waals surface area contributed by atoms with Gasteiger partial charge in [-0.15, -0.1) is 0 Å². The van der Waals surface area contributed by atoms with E-state index in [1.54, 1.807) is 20.8 Å². The van der Waals surface area contributed by atoms with Crippen LogP contribution in [0.3, 0.4) is 0 Å². The summed E-state index contributed by atoms with van der Waals surface area (Å²) >= 11 is 0. The Kier molecular flexibility index (Phi) is 2.30. The van der Waals surface area contributed by atoms with Gasteiger partial charge in [-0.3, -0.25) is 9.69 Å². The monoisotopic (exact) mass is 186 g/mol. The Morgan fingerprint density at radius 2 is 2.08 bits per heavy atom. The van der Waals surface area contributed by atoms with Crippen LogP contribution in [0, 0.1) is 0 Å². The summed E-state index contributed by atoms with van der Waals surface area (Å²) in [4.78, 5) is 23.9. The maximum atomic E-state index is 11.6. The van der Waals surface area contributed by atoms with Crippen molar-refractivity contribution in [1.82, 2.24) is 10.2 Å². The second-order valence-electron chi connectivity index (χ2n) is 3.76. The molecule has 0 aliphatic carbocycles. The van der Waals surface area contributed by atoms with Crippen molar-refractivity contribution >= 4 is 11.9 Å². The zero-order chi connectivity index (χ0) is 10.2. The fourth-order valence-corrected chi connectivity index (χ4v) is 1.26. The number of nitrogens with one attached hydrogen (secondary N) is 1. The fraction of sp³-hybridized carbons (Fsp3) is 0.750. The Balaban J connectivity index is 2.89. The predicted molar refractivity (Wildman–Crippen MR) is 46.0 cm³/mol. The van der Waals surface area contributed by atoms with Crippen LogP contribution in [0.2, 0.25) is 0 Å². The molecule has 0 radical (unpaired) electrons. The van der Waals surface area contributed by atoms with Gasteiger partial charge in [0.2, 0.25) is 0 Å². The summed E-state index contributed by atoms with van der Waals surface area (Å²) in [5.41, 5.74) is -0.847. The van der Waals surface area contributed by atoms with Crippen LogP contribution in [0.1, 0.15) is 20.8 Å². The molecule has 1 heterocycles. The molecule has 0 saturated carbocycles. The topological polar surface area (TPSA) is 69.6 Å². The van der Waals surface area contributed by atoms with Crippen LogP contribution in [0.5, 0.6) is 0 Å². The third-order valence-electron chi connectivity index (χ3n) is 2.10. The van der Waals surface area contributed by atoms with E-state index in [1.165, 1.54) is 0 Å². The molecule has 2 N–H and O–H groups in total. The summed E-state index contributed by atoms with van der Waals surface area (Å²) in [6, 6.07) is -0.897. The number of nitrogens with zero attached hydrogens (tertiary/aromatic N) is 1. The van der Waals surface area contributed by atoms with Gasteiger partial charge in [0.05, 0.1) is 12.6 Å². The molecule has 1 fully saturated rings. The van der Waals surface area contributed by atoms with Gasteiger partial charge < -0.3 is 10.4 Å². The summed E-state index contributed by atoms with van der Waals surface area (Å²) in [6.07, 6.45) is 0. The molecule has 3 amide bonds. The van der Waals surface area contributed by atoms with Crippen molar-refractivity contribution in [1.29, 1.82) is 0 Å². The van der Waals surface area contributed by atoms with Gasteiger partial charge in [-0.1, -0.05) is 0 Å². The maximum absolute atomic E-state index is 11.6. The molecular weight excluding hydrogens is 172 g/mol. The zero-order valence-corrected chi connectivity index (χ0v) is 8.00. The number of carbonyl (C=O) groups is 2. The van der Waals surface area contributed by atoms with Crippen molar-refractivity contribution in [3.05, 3.63) is 0 Å². The number of imide groups is 1. The van der Waals surface area contributed by atoms with Crippen LogP contribution in [0.15, 0.2) is 0 Å². The summed E-state index contributed by atoms with van der Waals surface area (Å²) in [5, 5.41) is 11.4. The van der Waals surface area contributed by atoms with E-state index in [2.05, 4.69) is 5.32 Å². The normalized spacial score (nSPS) is 23.2. The zero-order valence-electron chi connectivity index (χ0n) is 8.00. The van der Waals surface area contributed by atoms with E-state index >= 15 is 0 Å². The largest absolute Gasteiger partial charge is 0.394 e. The second kappa shape index (κ2) is 2.99. The third kappa shape index (κ3) is 1.51. The number of rotatable bonds is 2. The van der Waals surface area contributed by atoms with Crippen molar-refractivity contribution in [3.63, 3.8) is 0 Å². The number of carbonyl (C=O) groups excluding carboxylic acids is 2. The molecule has 13 heavy (non-hydrogen) atoms. The van der Waals surface area contributed by atoms with Gasteiger partial charge >= 0.3 is 6.03 Å². The number of hydrogen-bond donors (Lipinski definition) is 2. The Labute approximate surface area is 76.7 Å². The summed E-state index contributed by atoms with van der Waals surface area (Å²) in [5.74, 6) is -0.293. The van der Waals surface area contributed by atoms with E-state index in [4.69, 9.17) is 5.11 Å². The van der Waals surface area contributed by atoms with Crippen LogP contribution in [0.4, 0.5) is 4.79 Å². The van der Waals surface area contributed by atoms with Crippen LogP contribution in [-0.2, 0) is 4.79 Å². The molecule has 1 rings (SSSR count). The summed E-state index contributed by atoms with van der Waals surface area (Å²) in [6.45, 7) is 4.68. The van der Waals surface area contributed by atoms with Gasteiger partial charge in [-0.2, -0.15) is 0 Å². The number of urea groups is 1. The highest BCUT2D eigenvalue weighted by Crippen LogP contribution is 2.18. The molecule has 1 aliphatic rings. The molecule has 5 heteroatoms. The average molecular weight is 186 g/mol. The van der Waals surface area contributed by atoms with Gasteiger partial charge in [0.15, 0.2) is 0 Å². The third-order valence-corrected chi connectivity index (χ3v) is 2.10. The van der Waals surface area contributed by atoms with Crippen molar-refractivity contribution in [3.8, 4) is 0 Å². The van der Waals surface area contributed by atoms with E-state index in [-0.39, 0.29) is 12.5 Å². The average Bonchev–Trinajstić information content (AvgIpc) is 2.21. The molecular formula is C8H14N2O3. The Hall–Kier alpha value is -1.10. The Morgan fingerprint density at radius 1 is 1.54 bits per heavy atom. The lowest BCUT2D eigenvalue weighted by molar-refractivity contribution is -0.132. The number of aliphatic hydroxyl groups is 1. The summed E-state index contributed by atoms with van der Waals surface area (Å²) in [7, 11) is 0.